The molecular formula is C15H17FN2O2S. The zero-order valence-electron chi connectivity index (χ0n) is 12.1. The topological polar surface area (TPSA) is 72.2 Å². The van der Waals surface area contributed by atoms with Gasteiger partial charge in [0.2, 0.25) is 0 Å². The maximum Gasteiger partial charge on any atom is 0.262 e. The molecule has 6 heteroatoms. The van der Waals surface area contributed by atoms with Crippen LogP contribution in [-0.2, 0) is 10.0 Å². The fourth-order valence-electron chi connectivity index (χ4n) is 2.17. The van der Waals surface area contributed by atoms with Crippen molar-refractivity contribution in [1.29, 1.82) is 0 Å². The summed E-state index contributed by atoms with van der Waals surface area (Å²) in [5.74, 6) is -0.612. The lowest BCUT2D eigenvalue weighted by atomic mass is 10.1. The Labute approximate surface area is 123 Å². The predicted molar refractivity (Wildman–Crippen MR) is 82.3 cm³/mol. The van der Waals surface area contributed by atoms with Gasteiger partial charge in [0.05, 0.1) is 10.6 Å². The van der Waals surface area contributed by atoms with Crippen LogP contribution >= 0.6 is 0 Å². The fourth-order valence-corrected chi connectivity index (χ4v) is 3.72. The molecule has 0 spiro atoms. The third-order valence-corrected chi connectivity index (χ3v) is 4.95. The Balaban J connectivity index is 2.50. The fraction of sp³-hybridized carbons (Fsp3) is 0.200. The molecule has 2 rings (SSSR count). The number of hydrogen-bond donors (Lipinski definition) is 2. The van der Waals surface area contributed by atoms with E-state index >= 15 is 0 Å². The minimum Gasteiger partial charge on any atom is -0.396 e. The minimum absolute atomic E-state index is 0.0157. The second-order valence-corrected chi connectivity index (χ2v) is 6.63. The highest BCUT2D eigenvalue weighted by Crippen LogP contribution is 2.29. The van der Waals surface area contributed by atoms with Gasteiger partial charge >= 0.3 is 0 Å². The van der Waals surface area contributed by atoms with Gasteiger partial charge in [0.1, 0.15) is 5.82 Å². The van der Waals surface area contributed by atoms with E-state index in [1.165, 1.54) is 6.92 Å². The Kier molecular flexibility index (Phi) is 3.91. The number of rotatable bonds is 3. The Morgan fingerprint density at radius 3 is 2.24 bits per heavy atom. The van der Waals surface area contributed by atoms with Crippen LogP contribution in [0.2, 0.25) is 0 Å². The molecule has 0 aromatic heterocycles. The molecule has 0 heterocycles. The molecule has 2 aromatic carbocycles. The average molecular weight is 308 g/mol. The zero-order valence-corrected chi connectivity index (χ0v) is 12.9. The minimum atomic E-state index is -3.82. The summed E-state index contributed by atoms with van der Waals surface area (Å²) in [6, 6.07) is 8.08. The molecule has 0 saturated carbocycles. The highest BCUT2D eigenvalue weighted by atomic mass is 32.2. The molecule has 0 aliphatic heterocycles. The van der Waals surface area contributed by atoms with Crippen molar-refractivity contribution in [3.05, 3.63) is 52.8 Å². The second-order valence-electron chi connectivity index (χ2n) is 5.01. The molecule has 0 fully saturated rings. The quantitative estimate of drug-likeness (QED) is 0.856. The molecule has 0 saturated heterocycles. The highest BCUT2D eigenvalue weighted by molar-refractivity contribution is 7.92. The Bertz CT molecular complexity index is 784. The van der Waals surface area contributed by atoms with E-state index in [9.17, 15) is 12.8 Å². The van der Waals surface area contributed by atoms with E-state index in [2.05, 4.69) is 4.72 Å². The van der Waals surface area contributed by atoms with E-state index in [0.29, 0.717) is 11.3 Å². The van der Waals surface area contributed by atoms with Gasteiger partial charge in [-0.25, -0.2) is 12.8 Å². The number of nitrogen functional groups attached to an aromatic ring is 1. The van der Waals surface area contributed by atoms with Gasteiger partial charge in [-0.15, -0.1) is 0 Å². The molecule has 0 aliphatic rings. The number of nitrogens with one attached hydrogen (secondary N) is 1. The van der Waals surface area contributed by atoms with Gasteiger partial charge in [0, 0.05) is 5.69 Å². The number of benzene rings is 2. The summed E-state index contributed by atoms with van der Waals surface area (Å²) in [7, 11) is -3.82. The summed E-state index contributed by atoms with van der Waals surface area (Å²) in [5.41, 5.74) is 7.45. The predicted octanol–water partition coefficient (Wildman–Crippen LogP) is 3.13. The lowest BCUT2D eigenvalue weighted by molar-refractivity contribution is 0.598. The van der Waals surface area contributed by atoms with Crippen LogP contribution in [-0.4, -0.2) is 8.42 Å². The third-order valence-electron chi connectivity index (χ3n) is 3.28. The van der Waals surface area contributed by atoms with Crippen LogP contribution < -0.4 is 10.5 Å². The van der Waals surface area contributed by atoms with E-state index in [1.807, 2.05) is 6.92 Å². The lowest BCUT2D eigenvalue weighted by Gasteiger charge is -2.15. The SMILES string of the molecule is Cc1ccc(NS(=O)(=O)c2c(C)cc(F)c(N)c2C)cc1. The third kappa shape index (κ3) is 3.00. The van der Waals surface area contributed by atoms with Crippen LogP contribution in [0.15, 0.2) is 35.2 Å². The van der Waals surface area contributed by atoms with Crippen LogP contribution in [0.1, 0.15) is 16.7 Å². The lowest BCUT2D eigenvalue weighted by Crippen LogP contribution is -2.17. The Morgan fingerprint density at radius 2 is 1.67 bits per heavy atom. The molecule has 0 aliphatic carbocycles. The molecular weight excluding hydrogens is 291 g/mol. The molecule has 4 nitrogen and oxygen atoms in total. The van der Waals surface area contributed by atoms with Crippen LogP contribution in [0.5, 0.6) is 0 Å². The van der Waals surface area contributed by atoms with Crippen molar-refractivity contribution in [3.63, 3.8) is 0 Å². The number of hydrogen-bond acceptors (Lipinski definition) is 3. The Hall–Kier alpha value is -2.08. The van der Waals surface area contributed by atoms with Crippen molar-refractivity contribution in [1.82, 2.24) is 0 Å². The van der Waals surface area contributed by atoms with Gasteiger partial charge in [-0.05, 0) is 50.1 Å². The first-order valence-corrected chi connectivity index (χ1v) is 7.85. The molecule has 112 valence electrons. The summed E-state index contributed by atoms with van der Waals surface area (Å²) in [5, 5.41) is 0. The van der Waals surface area contributed by atoms with E-state index in [-0.39, 0.29) is 16.1 Å². The van der Waals surface area contributed by atoms with Crippen LogP contribution in [0.3, 0.4) is 0 Å². The van der Waals surface area contributed by atoms with Crippen molar-refractivity contribution < 1.29 is 12.8 Å². The summed E-state index contributed by atoms with van der Waals surface area (Å²) in [6.45, 7) is 4.95. The van der Waals surface area contributed by atoms with Crippen molar-refractivity contribution in [2.24, 2.45) is 0 Å². The zero-order chi connectivity index (χ0) is 15.8. The van der Waals surface area contributed by atoms with E-state index in [4.69, 9.17) is 5.73 Å². The largest absolute Gasteiger partial charge is 0.396 e. The summed E-state index contributed by atoms with van der Waals surface area (Å²) in [6.07, 6.45) is 0. The first-order valence-electron chi connectivity index (χ1n) is 6.37. The highest BCUT2D eigenvalue weighted by Gasteiger charge is 2.23. The van der Waals surface area contributed by atoms with Gasteiger partial charge in [0.15, 0.2) is 0 Å². The molecule has 0 radical (unpaired) electrons. The molecule has 21 heavy (non-hydrogen) atoms. The van der Waals surface area contributed by atoms with Crippen LogP contribution in [0.25, 0.3) is 0 Å². The first kappa shape index (κ1) is 15.3. The number of sulfonamides is 1. The number of aryl methyl sites for hydroxylation is 2. The molecule has 0 atom stereocenters. The average Bonchev–Trinajstić information content (AvgIpc) is 2.38. The maximum atomic E-state index is 13.5. The summed E-state index contributed by atoms with van der Waals surface area (Å²) in [4.78, 5) is 0.0157. The van der Waals surface area contributed by atoms with E-state index in [1.54, 1.807) is 31.2 Å². The summed E-state index contributed by atoms with van der Waals surface area (Å²) < 4.78 is 41.0. The first-order chi connectivity index (χ1) is 9.72. The number of anilines is 2. The van der Waals surface area contributed by atoms with Crippen molar-refractivity contribution >= 4 is 21.4 Å². The van der Waals surface area contributed by atoms with Crippen LogP contribution in [0, 0.1) is 26.6 Å². The second kappa shape index (κ2) is 5.37. The number of halogens is 1. The normalized spacial score (nSPS) is 11.4. The van der Waals surface area contributed by atoms with Gasteiger partial charge < -0.3 is 5.73 Å². The summed E-state index contributed by atoms with van der Waals surface area (Å²) >= 11 is 0. The van der Waals surface area contributed by atoms with E-state index in [0.717, 1.165) is 11.6 Å². The van der Waals surface area contributed by atoms with Gasteiger partial charge in [0.25, 0.3) is 10.0 Å². The molecule has 2 aromatic rings. The molecule has 0 amide bonds. The van der Waals surface area contributed by atoms with Crippen molar-refractivity contribution in [3.8, 4) is 0 Å². The van der Waals surface area contributed by atoms with E-state index < -0.39 is 15.8 Å². The van der Waals surface area contributed by atoms with Crippen molar-refractivity contribution in [2.75, 3.05) is 10.5 Å². The van der Waals surface area contributed by atoms with Gasteiger partial charge in [-0.3, -0.25) is 4.72 Å². The van der Waals surface area contributed by atoms with Crippen molar-refractivity contribution in [2.45, 2.75) is 25.7 Å². The number of nitrogens with two attached hydrogens (primary N) is 1. The standard InChI is InChI=1S/C15H17FN2O2S/c1-9-4-6-12(7-5-9)18-21(19,20)15-10(2)8-13(16)14(17)11(15)3/h4-8,18H,17H2,1-3H3. The monoisotopic (exact) mass is 308 g/mol. The Morgan fingerprint density at radius 1 is 1.10 bits per heavy atom. The molecule has 0 bridgehead atoms. The van der Waals surface area contributed by atoms with Gasteiger partial charge in [-0.1, -0.05) is 17.7 Å². The van der Waals surface area contributed by atoms with Crippen LogP contribution in [0.4, 0.5) is 15.8 Å². The molecule has 3 N–H and O–H groups in total. The van der Waals surface area contributed by atoms with Gasteiger partial charge in [-0.2, -0.15) is 0 Å². The maximum absolute atomic E-state index is 13.5. The molecule has 0 unspecified atom stereocenters. The smallest absolute Gasteiger partial charge is 0.262 e.